The van der Waals surface area contributed by atoms with Gasteiger partial charge in [-0.2, -0.15) is 0 Å². The molecule has 2 saturated heterocycles. The number of ether oxygens (including phenoxy) is 1. The van der Waals surface area contributed by atoms with Crippen LogP contribution in [-0.4, -0.2) is 39.8 Å². The third-order valence-corrected chi connectivity index (χ3v) is 4.20. The van der Waals surface area contributed by atoms with Crippen molar-refractivity contribution in [2.75, 3.05) is 13.2 Å². The number of aromatic nitrogens is 2. The predicted molar refractivity (Wildman–Crippen MR) is 69.9 cm³/mol. The fraction of sp³-hybridized carbons (Fsp3) is 0.500. The zero-order chi connectivity index (χ0) is 12.9. The molecule has 2 aromatic heterocycles. The third kappa shape index (κ3) is 1.85. The zero-order valence-electron chi connectivity index (χ0n) is 10.6. The van der Waals surface area contributed by atoms with Gasteiger partial charge in [-0.15, -0.1) is 0 Å². The number of morpholine rings is 1. The molecule has 2 N–H and O–H groups in total. The highest BCUT2D eigenvalue weighted by Crippen LogP contribution is 2.36. The first-order chi connectivity index (χ1) is 9.23. The second-order valence-electron chi connectivity index (χ2n) is 5.65. The summed E-state index contributed by atoms with van der Waals surface area (Å²) in [5.74, 6) is 0. The number of rotatable bonds is 1. The maximum atomic E-state index is 11.0. The standard InChI is InChI=1S/C14H17N3O2/c18-14(5-11-8-19-9-12(6-14)16-11)10-1-2-13-15-3-4-17(13)7-10/h1-4,7,11-12,16,18H,5-6,8-9H2. The number of pyridine rings is 1. The van der Waals surface area contributed by atoms with E-state index in [1.165, 1.54) is 0 Å². The molecule has 2 aromatic rings. The minimum Gasteiger partial charge on any atom is -0.385 e. The summed E-state index contributed by atoms with van der Waals surface area (Å²) in [7, 11) is 0. The molecule has 2 atom stereocenters. The normalized spacial score (nSPS) is 34.6. The minimum atomic E-state index is -0.761. The molecule has 5 heteroatoms. The average Bonchev–Trinajstić information content (AvgIpc) is 2.85. The van der Waals surface area contributed by atoms with Gasteiger partial charge >= 0.3 is 0 Å². The Bertz CT molecular complexity index is 598. The Balaban J connectivity index is 1.72. The maximum absolute atomic E-state index is 11.0. The first-order valence-electron chi connectivity index (χ1n) is 6.72. The van der Waals surface area contributed by atoms with Crippen molar-refractivity contribution in [2.45, 2.75) is 30.5 Å². The molecule has 2 fully saturated rings. The van der Waals surface area contributed by atoms with Crippen molar-refractivity contribution in [1.82, 2.24) is 14.7 Å². The molecule has 0 radical (unpaired) electrons. The highest BCUT2D eigenvalue weighted by Gasteiger charge is 2.42. The number of hydrogen-bond donors (Lipinski definition) is 2. The number of imidazole rings is 1. The van der Waals surface area contributed by atoms with Crippen LogP contribution in [0.2, 0.25) is 0 Å². The molecule has 2 bridgehead atoms. The Morgan fingerprint density at radius 1 is 1.32 bits per heavy atom. The van der Waals surface area contributed by atoms with Crippen molar-refractivity contribution in [1.29, 1.82) is 0 Å². The van der Waals surface area contributed by atoms with Crippen molar-refractivity contribution < 1.29 is 9.84 Å². The molecule has 100 valence electrons. The molecule has 0 spiro atoms. The van der Waals surface area contributed by atoms with E-state index in [9.17, 15) is 5.11 Å². The van der Waals surface area contributed by atoms with E-state index in [4.69, 9.17) is 4.74 Å². The van der Waals surface area contributed by atoms with E-state index in [-0.39, 0.29) is 12.1 Å². The van der Waals surface area contributed by atoms with Gasteiger partial charge in [0.15, 0.2) is 0 Å². The first-order valence-corrected chi connectivity index (χ1v) is 6.72. The van der Waals surface area contributed by atoms with Gasteiger partial charge in [0, 0.05) is 36.2 Å². The molecule has 0 aromatic carbocycles. The molecule has 19 heavy (non-hydrogen) atoms. The lowest BCUT2D eigenvalue weighted by Gasteiger charge is -2.45. The van der Waals surface area contributed by atoms with Gasteiger partial charge in [0.2, 0.25) is 0 Å². The van der Waals surface area contributed by atoms with E-state index in [1.54, 1.807) is 6.20 Å². The summed E-state index contributed by atoms with van der Waals surface area (Å²) in [5.41, 5.74) is 1.12. The van der Waals surface area contributed by atoms with E-state index in [1.807, 2.05) is 28.9 Å². The molecular weight excluding hydrogens is 242 g/mol. The van der Waals surface area contributed by atoms with Crippen LogP contribution in [0.15, 0.2) is 30.7 Å². The molecule has 4 heterocycles. The first kappa shape index (κ1) is 11.4. The van der Waals surface area contributed by atoms with Crippen LogP contribution in [0.3, 0.4) is 0 Å². The van der Waals surface area contributed by atoms with E-state index in [0.29, 0.717) is 26.1 Å². The highest BCUT2D eigenvalue weighted by atomic mass is 16.5. The molecule has 2 unspecified atom stereocenters. The average molecular weight is 259 g/mol. The van der Waals surface area contributed by atoms with Crippen molar-refractivity contribution >= 4 is 5.65 Å². The van der Waals surface area contributed by atoms with Crippen LogP contribution in [0.5, 0.6) is 0 Å². The molecular formula is C14H17N3O2. The van der Waals surface area contributed by atoms with E-state index in [0.717, 1.165) is 11.2 Å². The van der Waals surface area contributed by atoms with Gasteiger partial charge in [0.1, 0.15) is 5.65 Å². The topological polar surface area (TPSA) is 58.8 Å². The van der Waals surface area contributed by atoms with Crippen molar-refractivity contribution in [3.63, 3.8) is 0 Å². The fourth-order valence-electron chi connectivity index (χ4n) is 3.35. The summed E-state index contributed by atoms with van der Waals surface area (Å²) in [6.07, 6.45) is 7.07. The lowest BCUT2D eigenvalue weighted by molar-refractivity contribution is -0.0804. The summed E-state index contributed by atoms with van der Waals surface area (Å²) in [6, 6.07) is 4.44. The van der Waals surface area contributed by atoms with Gasteiger partial charge in [0.25, 0.3) is 0 Å². The lowest BCUT2D eigenvalue weighted by atomic mass is 9.78. The molecule has 5 nitrogen and oxygen atoms in total. The Hall–Kier alpha value is -1.43. The van der Waals surface area contributed by atoms with Crippen LogP contribution in [0, 0.1) is 0 Å². The van der Waals surface area contributed by atoms with Gasteiger partial charge in [-0.25, -0.2) is 4.98 Å². The second kappa shape index (κ2) is 4.03. The van der Waals surface area contributed by atoms with E-state index in [2.05, 4.69) is 10.3 Å². The zero-order valence-corrected chi connectivity index (χ0v) is 10.6. The maximum Gasteiger partial charge on any atom is 0.136 e. The number of nitrogens with one attached hydrogen (secondary N) is 1. The third-order valence-electron chi connectivity index (χ3n) is 4.20. The van der Waals surface area contributed by atoms with Crippen LogP contribution in [0.4, 0.5) is 0 Å². The summed E-state index contributed by atoms with van der Waals surface area (Å²) in [4.78, 5) is 4.23. The second-order valence-corrected chi connectivity index (χ2v) is 5.65. The fourth-order valence-corrected chi connectivity index (χ4v) is 3.35. The summed E-state index contributed by atoms with van der Waals surface area (Å²) in [6.45, 7) is 1.37. The van der Waals surface area contributed by atoms with E-state index >= 15 is 0 Å². The molecule has 2 aliphatic rings. The smallest absolute Gasteiger partial charge is 0.136 e. The van der Waals surface area contributed by atoms with Gasteiger partial charge in [-0.3, -0.25) is 0 Å². The number of nitrogens with zero attached hydrogens (tertiary/aromatic N) is 2. The molecule has 2 aliphatic heterocycles. The van der Waals surface area contributed by atoms with Gasteiger partial charge in [0.05, 0.1) is 18.8 Å². The van der Waals surface area contributed by atoms with Crippen molar-refractivity contribution in [3.05, 3.63) is 36.3 Å². The number of piperidine rings is 1. The Kier molecular flexibility index (Phi) is 2.42. The highest BCUT2D eigenvalue weighted by molar-refractivity contribution is 5.41. The van der Waals surface area contributed by atoms with Gasteiger partial charge in [-0.05, 0) is 18.9 Å². The number of hydrogen-bond acceptors (Lipinski definition) is 4. The predicted octanol–water partition coefficient (Wildman–Crippen LogP) is 0.673. The Labute approximate surface area is 111 Å². The van der Waals surface area contributed by atoms with Gasteiger partial charge in [-0.1, -0.05) is 6.07 Å². The summed E-state index contributed by atoms with van der Waals surface area (Å²) >= 11 is 0. The van der Waals surface area contributed by atoms with Crippen LogP contribution >= 0.6 is 0 Å². The van der Waals surface area contributed by atoms with Crippen LogP contribution in [-0.2, 0) is 10.3 Å². The molecule has 4 rings (SSSR count). The lowest BCUT2D eigenvalue weighted by Crippen LogP contribution is -2.58. The largest absolute Gasteiger partial charge is 0.385 e. The Morgan fingerprint density at radius 3 is 2.89 bits per heavy atom. The minimum absolute atomic E-state index is 0.246. The van der Waals surface area contributed by atoms with Gasteiger partial charge < -0.3 is 19.6 Å². The Morgan fingerprint density at radius 2 is 2.11 bits per heavy atom. The summed E-state index contributed by atoms with van der Waals surface area (Å²) in [5, 5.41) is 14.5. The molecule has 0 saturated carbocycles. The number of fused-ring (bicyclic) bond motifs is 3. The monoisotopic (exact) mass is 259 g/mol. The molecule has 0 aliphatic carbocycles. The van der Waals surface area contributed by atoms with Crippen LogP contribution in [0.25, 0.3) is 5.65 Å². The van der Waals surface area contributed by atoms with Crippen molar-refractivity contribution in [3.8, 4) is 0 Å². The molecule has 0 amide bonds. The summed E-state index contributed by atoms with van der Waals surface area (Å²) < 4.78 is 7.49. The number of aliphatic hydroxyl groups is 1. The van der Waals surface area contributed by atoms with Crippen LogP contribution < -0.4 is 5.32 Å². The SMILES string of the molecule is OC1(c2ccc3nccn3c2)CC2COCC(C1)N2. The van der Waals surface area contributed by atoms with Crippen molar-refractivity contribution in [2.24, 2.45) is 0 Å². The quantitative estimate of drug-likeness (QED) is 0.790. The van der Waals surface area contributed by atoms with Crippen LogP contribution in [0.1, 0.15) is 18.4 Å². The van der Waals surface area contributed by atoms with E-state index < -0.39 is 5.60 Å².